The van der Waals surface area contributed by atoms with Gasteiger partial charge in [0.05, 0.1) is 11.1 Å². The van der Waals surface area contributed by atoms with Gasteiger partial charge in [-0.05, 0) is 100 Å². The molecule has 0 aromatic heterocycles. The van der Waals surface area contributed by atoms with Gasteiger partial charge in [-0.3, -0.25) is 19.2 Å². The fourth-order valence-corrected chi connectivity index (χ4v) is 6.24. The molecule has 0 saturated heterocycles. The molecule has 1 aliphatic rings. The number of halogens is 6. The molecule has 3 amide bonds. The Morgan fingerprint density at radius 3 is 1.66 bits per heavy atom. The molecule has 12 heteroatoms. The SMILES string of the molecule is O=C(CN(C(=O)c1ccc(Cl)cc1)N1C(=O)c2c(Br)c(Br)c(Br)c(Br)c2C1=O)c1ccc(Br)cc1. The van der Waals surface area contributed by atoms with Crippen LogP contribution in [0.4, 0.5) is 0 Å². The summed E-state index contributed by atoms with van der Waals surface area (Å²) in [6, 6.07) is 12.5. The zero-order chi connectivity index (χ0) is 25.6. The van der Waals surface area contributed by atoms with E-state index in [0.717, 1.165) is 9.48 Å². The number of carbonyl (C=O) groups excluding carboxylic acids is 4. The molecule has 0 saturated carbocycles. The largest absolute Gasteiger partial charge is 0.292 e. The van der Waals surface area contributed by atoms with Gasteiger partial charge in [-0.15, -0.1) is 0 Å². The second-order valence-electron chi connectivity index (χ2n) is 7.23. The average Bonchev–Trinajstić information content (AvgIpc) is 3.10. The van der Waals surface area contributed by atoms with Crippen LogP contribution in [0.1, 0.15) is 41.4 Å². The van der Waals surface area contributed by atoms with E-state index in [2.05, 4.69) is 79.6 Å². The van der Waals surface area contributed by atoms with Gasteiger partial charge in [0.25, 0.3) is 17.7 Å². The molecule has 3 aromatic carbocycles. The topological polar surface area (TPSA) is 74.8 Å². The van der Waals surface area contributed by atoms with E-state index in [-0.39, 0.29) is 16.7 Å². The molecular weight excluding hydrogens is 803 g/mol. The van der Waals surface area contributed by atoms with Gasteiger partial charge in [0.2, 0.25) is 0 Å². The minimum atomic E-state index is -0.753. The quantitative estimate of drug-likeness (QED) is 0.115. The molecule has 1 aliphatic heterocycles. The lowest BCUT2D eigenvalue weighted by Gasteiger charge is -2.29. The van der Waals surface area contributed by atoms with Crippen LogP contribution in [0.2, 0.25) is 5.02 Å². The number of Topliss-reactive ketones (excluding diaryl/α,β-unsaturated/α-hetero) is 1. The third kappa shape index (κ3) is 4.95. The summed E-state index contributed by atoms with van der Waals surface area (Å²) >= 11 is 22.7. The highest BCUT2D eigenvalue weighted by Crippen LogP contribution is 2.45. The zero-order valence-electron chi connectivity index (χ0n) is 17.1. The number of rotatable bonds is 5. The van der Waals surface area contributed by atoms with Gasteiger partial charge >= 0.3 is 0 Å². The van der Waals surface area contributed by atoms with Gasteiger partial charge in [-0.25, -0.2) is 5.01 Å². The molecule has 0 bridgehead atoms. The number of hydrazine groups is 1. The Hall–Kier alpha value is -1.37. The summed E-state index contributed by atoms with van der Waals surface area (Å²) < 4.78 is 2.46. The van der Waals surface area contributed by atoms with E-state index in [4.69, 9.17) is 11.6 Å². The van der Waals surface area contributed by atoms with E-state index in [0.29, 0.717) is 33.5 Å². The standard InChI is InChI=1S/C23H10Br5ClN2O4/c24-12-5-1-10(2-6-12)14(32)9-30(21(33)11-3-7-13(29)8-4-11)31-22(34)15-16(23(31)35)18(26)20(28)19(27)17(15)25/h1-8H,9H2. The van der Waals surface area contributed by atoms with Crippen LogP contribution in [0.15, 0.2) is 70.9 Å². The molecule has 0 aliphatic carbocycles. The maximum atomic E-state index is 13.5. The monoisotopic (exact) mass is 808 g/mol. The molecule has 0 spiro atoms. The van der Waals surface area contributed by atoms with Crippen molar-refractivity contribution >= 4 is 115 Å². The first-order chi connectivity index (χ1) is 16.5. The second kappa shape index (κ2) is 10.5. The molecule has 0 unspecified atom stereocenters. The van der Waals surface area contributed by atoms with Gasteiger partial charge in [-0.2, -0.15) is 5.01 Å². The van der Waals surface area contributed by atoms with E-state index < -0.39 is 30.0 Å². The number of imide groups is 1. The van der Waals surface area contributed by atoms with E-state index in [1.807, 2.05) is 0 Å². The fourth-order valence-electron chi connectivity index (χ4n) is 3.39. The van der Waals surface area contributed by atoms with Crippen LogP contribution in [0.3, 0.4) is 0 Å². The van der Waals surface area contributed by atoms with Crippen LogP contribution < -0.4 is 0 Å². The minimum Gasteiger partial charge on any atom is -0.292 e. The highest BCUT2D eigenvalue weighted by Gasteiger charge is 2.46. The highest BCUT2D eigenvalue weighted by molar-refractivity contribution is 9.15. The fraction of sp³-hybridized carbons (Fsp3) is 0.0435. The van der Waals surface area contributed by atoms with E-state index >= 15 is 0 Å². The lowest BCUT2D eigenvalue weighted by molar-refractivity contribution is 0.00527. The van der Waals surface area contributed by atoms with Gasteiger partial charge < -0.3 is 0 Å². The summed E-state index contributed by atoms with van der Waals surface area (Å²) in [7, 11) is 0. The van der Waals surface area contributed by atoms with Crippen LogP contribution in [-0.4, -0.2) is 40.1 Å². The summed E-state index contributed by atoms with van der Waals surface area (Å²) in [6.07, 6.45) is 0. The summed E-state index contributed by atoms with van der Waals surface area (Å²) in [6.45, 7) is -0.549. The van der Waals surface area contributed by atoms with Crippen molar-refractivity contribution in [3.05, 3.63) is 98.2 Å². The number of nitrogens with zero attached hydrogens (tertiary/aromatic N) is 2. The molecule has 0 N–H and O–H groups in total. The molecule has 6 nitrogen and oxygen atoms in total. The number of fused-ring (bicyclic) bond motifs is 1. The average molecular weight is 813 g/mol. The molecule has 1 heterocycles. The molecule has 178 valence electrons. The number of ketones is 1. The zero-order valence-corrected chi connectivity index (χ0v) is 25.8. The lowest BCUT2D eigenvalue weighted by atomic mass is 10.1. The Labute approximate surface area is 246 Å². The van der Waals surface area contributed by atoms with Crippen molar-refractivity contribution in [2.45, 2.75) is 0 Å². The summed E-state index contributed by atoms with van der Waals surface area (Å²) in [4.78, 5) is 53.7. The normalized spacial score (nSPS) is 12.7. The molecule has 4 rings (SSSR count). The first-order valence-corrected chi connectivity index (χ1v) is 14.0. The predicted molar refractivity (Wildman–Crippen MR) is 149 cm³/mol. The first kappa shape index (κ1) is 26.7. The number of benzene rings is 3. The van der Waals surface area contributed by atoms with Crippen LogP contribution in [0, 0.1) is 0 Å². The van der Waals surface area contributed by atoms with Gasteiger partial charge in [0, 0.05) is 38.5 Å². The van der Waals surface area contributed by atoms with E-state index in [9.17, 15) is 19.2 Å². The van der Waals surface area contributed by atoms with Crippen molar-refractivity contribution in [2.75, 3.05) is 6.54 Å². The molecule has 0 fully saturated rings. The van der Waals surface area contributed by atoms with Gasteiger partial charge in [0.15, 0.2) is 5.78 Å². The predicted octanol–water partition coefficient (Wildman–Crippen LogP) is 7.69. The Morgan fingerprint density at radius 1 is 0.714 bits per heavy atom. The van der Waals surface area contributed by atoms with Crippen molar-refractivity contribution in [3.8, 4) is 0 Å². The smallest absolute Gasteiger partial charge is 0.282 e. The van der Waals surface area contributed by atoms with Gasteiger partial charge in [-0.1, -0.05) is 39.7 Å². The van der Waals surface area contributed by atoms with Crippen molar-refractivity contribution in [1.82, 2.24) is 10.0 Å². The molecular formula is C23H10Br5ClN2O4. The molecule has 0 atom stereocenters. The molecule has 35 heavy (non-hydrogen) atoms. The number of amides is 3. The third-order valence-electron chi connectivity index (χ3n) is 5.11. The van der Waals surface area contributed by atoms with Crippen LogP contribution >= 0.6 is 91.3 Å². The third-order valence-corrected chi connectivity index (χ3v) is 10.7. The van der Waals surface area contributed by atoms with Crippen LogP contribution in [-0.2, 0) is 0 Å². The number of carbonyl (C=O) groups is 4. The highest BCUT2D eigenvalue weighted by atomic mass is 79.9. The first-order valence-electron chi connectivity index (χ1n) is 9.63. The van der Waals surface area contributed by atoms with Crippen molar-refractivity contribution < 1.29 is 19.2 Å². The van der Waals surface area contributed by atoms with Crippen molar-refractivity contribution in [2.24, 2.45) is 0 Å². The Bertz CT molecular complexity index is 1360. The summed E-state index contributed by atoms with van der Waals surface area (Å²) in [5, 5.41) is 1.97. The Kier molecular flexibility index (Phi) is 8.04. The van der Waals surface area contributed by atoms with E-state index in [1.54, 1.807) is 24.3 Å². The summed E-state index contributed by atoms with van der Waals surface area (Å²) in [5.74, 6) is -2.68. The van der Waals surface area contributed by atoms with Crippen LogP contribution in [0.5, 0.6) is 0 Å². The minimum absolute atomic E-state index is 0.0574. The van der Waals surface area contributed by atoms with Crippen molar-refractivity contribution in [3.63, 3.8) is 0 Å². The number of hydrogen-bond acceptors (Lipinski definition) is 4. The number of hydrogen-bond donors (Lipinski definition) is 0. The van der Waals surface area contributed by atoms with Crippen molar-refractivity contribution in [1.29, 1.82) is 0 Å². The van der Waals surface area contributed by atoms with E-state index in [1.165, 1.54) is 24.3 Å². The van der Waals surface area contributed by atoms with Gasteiger partial charge in [0.1, 0.15) is 6.54 Å². The molecule has 3 aromatic rings. The lowest BCUT2D eigenvalue weighted by Crippen LogP contribution is -2.51. The molecule has 0 radical (unpaired) electrons. The summed E-state index contributed by atoms with van der Waals surface area (Å²) in [5.41, 5.74) is 0.575. The second-order valence-corrected chi connectivity index (χ2v) is 11.8. The Morgan fingerprint density at radius 2 is 1.17 bits per heavy atom. The van der Waals surface area contributed by atoms with Crippen LogP contribution in [0.25, 0.3) is 0 Å². The Balaban J connectivity index is 1.81. The maximum absolute atomic E-state index is 13.5. The maximum Gasteiger partial charge on any atom is 0.282 e.